The lowest BCUT2D eigenvalue weighted by molar-refractivity contribution is -0.132. The first-order chi connectivity index (χ1) is 12.7. The Balaban J connectivity index is 1.69. The van der Waals surface area contributed by atoms with Gasteiger partial charge in [-0.3, -0.25) is 10.1 Å². The second kappa shape index (κ2) is 7.13. The number of nitrogens with one attached hydrogen (secondary N) is 1. The maximum atomic E-state index is 12.8. The van der Waals surface area contributed by atoms with Crippen LogP contribution in [0.2, 0.25) is 0 Å². The largest absolute Gasteiger partial charge is 0.493 e. The molecule has 0 saturated carbocycles. The van der Waals surface area contributed by atoms with Crippen molar-refractivity contribution in [3.63, 3.8) is 0 Å². The zero-order valence-electron chi connectivity index (χ0n) is 15.0. The molecule has 1 atom stereocenters. The molecule has 2 aliphatic rings. The number of aryl methyl sites for hydroxylation is 1. The minimum Gasteiger partial charge on any atom is -0.493 e. The van der Waals surface area contributed by atoms with Crippen LogP contribution in [0.1, 0.15) is 10.4 Å². The maximum Gasteiger partial charge on any atom is 0.244 e. The molecular weight excluding hydrogens is 348 g/mol. The highest BCUT2D eigenvalue weighted by molar-refractivity contribution is 7.15. The van der Waals surface area contributed by atoms with Gasteiger partial charge in [-0.1, -0.05) is 12.2 Å². The van der Waals surface area contributed by atoms with Crippen molar-refractivity contribution >= 4 is 17.2 Å². The average molecular weight is 370 g/mol. The van der Waals surface area contributed by atoms with Crippen LogP contribution in [-0.4, -0.2) is 43.7 Å². The number of ether oxygens (including phenoxy) is 2. The predicted octanol–water partition coefficient (Wildman–Crippen LogP) is 2.98. The van der Waals surface area contributed by atoms with Crippen molar-refractivity contribution in [2.24, 2.45) is 0 Å². The lowest BCUT2D eigenvalue weighted by atomic mass is 10.1. The number of benzene rings is 1. The highest BCUT2D eigenvalue weighted by Gasteiger charge is 2.28. The van der Waals surface area contributed by atoms with E-state index in [0.29, 0.717) is 19.7 Å². The molecule has 0 saturated heterocycles. The van der Waals surface area contributed by atoms with E-state index < -0.39 is 0 Å². The molecule has 1 N–H and O–H groups in total. The van der Waals surface area contributed by atoms with Crippen LogP contribution in [0.3, 0.4) is 0 Å². The van der Waals surface area contributed by atoms with Gasteiger partial charge in [-0.2, -0.15) is 0 Å². The Morgan fingerprint density at radius 2 is 2.27 bits per heavy atom. The van der Waals surface area contributed by atoms with Crippen LogP contribution in [0, 0.1) is 6.92 Å². The molecule has 0 fully saturated rings. The Hall–Kier alpha value is -2.31. The van der Waals surface area contributed by atoms with Gasteiger partial charge in [0.05, 0.1) is 13.7 Å². The summed E-state index contributed by atoms with van der Waals surface area (Å²) in [5.41, 5.74) is 2.08. The maximum absolute atomic E-state index is 12.8. The van der Waals surface area contributed by atoms with Crippen molar-refractivity contribution in [1.82, 2.24) is 10.2 Å². The normalized spacial score (nSPS) is 19.0. The summed E-state index contributed by atoms with van der Waals surface area (Å²) >= 11 is 1.75. The summed E-state index contributed by atoms with van der Waals surface area (Å²) in [7, 11) is 1.66. The Morgan fingerprint density at radius 1 is 1.38 bits per heavy atom. The standard InChI is InChI=1S/C20H22N2O3S/c1-13-5-6-18(26-13)14-10-15-12-22(20(23)16-4-3-7-21-16)8-9-25-19(15)17(11-14)24-2/h3-6,10-11,16,21H,7-9,12H2,1-2H3/t16-/m0/s1. The SMILES string of the molecule is COc1cc(-c2ccc(C)s2)cc2c1OCCN(C(=O)[C@@H]1C=CCN1)C2. The third-order valence-corrected chi connectivity index (χ3v) is 5.76. The van der Waals surface area contributed by atoms with E-state index in [9.17, 15) is 4.79 Å². The average Bonchev–Trinajstić information content (AvgIpc) is 3.28. The quantitative estimate of drug-likeness (QED) is 0.844. The monoisotopic (exact) mass is 370 g/mol. The van der Waals surface area contributed by atoms with Crippen molar-refractivity contribution in [2.75, 3.05) is 26.8 Å². The van der Waals surface area contributed by atoms with Crippen LogP contribution in [0.4, 0.5) is 0 Å². The number of rotatable bonds is 3. The minimum atomic E-state index is -0.235. The molecule has 0 radical (unpaired) electrons. The van der Waals surface area contributed by atoms with Crippen LogP contribution in [0.5, 0.6) is 11.5 Å². The van der Waals surface area contributed by atoms with Gasteiger partial charge < -0.3 is 14.4 Å². The number of hydrogen-bond donors (Lipinski definition) is 1. The fraction of sp³-hybridized carbons (Fsp3) is 0.350. The van der Waals surface area contributed by atoms with Gasteiger partial charge >= 0.3 is 0 Å². The summed E-state index contributed by atoms with van der Waals surface area (Å²) in [5.74, 6) is 1.55. The molecule has 4 rings (SSSR count). The number of carbonyl (C=O) groups is 1. The van der Waals surface area contributed by atoms with Crippen LogP contribution in [-0.2, 0) is 11.3 Å². The second-order valence-corrected chi connectivity index (χ2v) is 7.79. The van der Waals surface area contributed by atoms with Gasteiger partial charge in [-0.25, -0.2) is 0 Å². The van der Waals surface area contributed by atoms with E-state index in [-0.39, 0.29) is 11.9 Å². The van der Waals surface area contributed by atoms with Gasteiger partial charge in [-0.15, -0.1) is 11.3 Å². The first-order valence-corrected chi connectivity index (χ1v) is 9.56. The van der Waals surface area contributed by atoms with Gasteiger partial charge in [0.2, 0.25) is 5.91 Å². The van der Waals surface area contributed by atoms with Crippen molar-refractivity contribution in [3.8, 4) is 21.9 Å². The number of nitrogens with zero attached hydrogens (tertiary/aromatic N) is 1. The Kier molecular flexibility index (Phi) is 4.70. The number of hydrogen-bond acceptors (Lipinski definition) is 5. The molecule has 3 heterocycles. The van der Waals surface area contributed by atoms with E-state index in [1.807, 2.05) is 23.1 Å². The Labute approximate surface area is 157 Å². The second-order valence-electron chi connectivity index (χ2n) is 6.50. The number of thiophene rings is 1. The highest BCUT2D eigenvalue weighted by Crippen LogP contribution is 2.40. The number of carbonyl (C=O) groups excluding carboxylic acids is 1. The molecule has 2 aromatic rings. The topological polar surface area (TPSA) is 50.8 Å². The molecule has 0 bridgehead atoms. The summed E-state index contributed by atoms with van der Waals surface area (Å²) < 4.78 is 11.5. The van der Waals surface area contributed by atoms with Crippen LogP contribution < -0.4 is 14.8 Å². The smallest absolute Gasteiger partial charge is 0.244 e. The Morgan fingerprint density at radius 3 is 2.96 bits per heavy atom. The minimum absolute atomic E-state index is 0.0894. The molecule has 5 nitrogen and oxygen atoms in total. The van der Waals surface area contributed by atoms with Gasteiger partial charge in [0, 0.05) is 28.4 Å². The fourth-order valence-corrected chi connectivity index (χ4v) is 4.24. The fourth-order valence-electron chi connectivity index (χ4n) is 3.39. The summed E-state index contributed by atoms with van der Waals surface area (Å²) in [6, 6.07) is 8.13. The van der Waals surface area contributed by atoms with Crippen molar-refractivity contribution in [2.45, 2.75) is 19.5 Å². The molecule has 1 aromatic heterocycles. The summed E-state index contributed by atoms with van der Waals surface area (Å²) in [6.45, 7) is 4.39. The summed E-state index contributed by atoms with van der Waals surface area (Å²) in [4.78, 5) is 17.1. The number of methoxy groups -OCH3 is 1. The van der Waals surface area contributed by atoms with Crippen LogP contribution in [0.25, 0.3) is 10.4 Å². The van der Waals surface area contributed by atoms with Crippen LogP contribution in [0.15, 0.2) is 36.4 Å². The van der Waals surface area contributed by atoms with E-state index in [0.717, 1.165) is 29.2 Å². The first kappa shape index (κ1) is 17.1. The molecule has 6 heteroatoms. The lowest BCUT2D eigenvalue weighted by Gasteiger charge is -2.23. The zero-order chi connectivity index (χ0) is 18.1. The van der Waals surface area contributed by atoms with E-state index in [4.69, 9.17) is 9.47 Å². The number of amides is 1. The van der Waals surface area contributed by atoms with Crippen molar-refractivity contribution in [3.05, 3.63) is 46.9 Å². The predicted molar refractivity (Wildman–Crippen MR) is 103 cm³/mol. The van der Waals surface area contributed by atoms with E-state index in [2.05, 4.69) is 30.4 Å². The third kappa shape index (κ3) is 3.22. The lowest BCUT2D eigenvalue weighted by Crippen LogP contribution is -2.44. The molecule has 0 aliphatic carbocycles. The third-order valence-electron chi connectivity index (χ3n) is 4.71. The van der Waals surface area contributed by atoms with Gasteiger partial charge in [-0.05, 0) is 36.8 Å². The zero-order valence-corrected chi connectivity index (χ0v) is 15.8. The van der Waals surface area contributed by atoms with E-state index in [1.54, 1.807) is 18.4 Å². The molecule has 0 spiro atoms. The molecule has 2 aliphatic heterocycles. The van der Waals surface area contributed by atoms with Gasteiger partial charge in [0.25, 0.3) is 0 Å². The molecule has 26 heavy (non-hydrogen) atoms. The van der Waals surface area contributed by atoms with E-state index in [1.165, 1.54) is 9.75 Å². The summed E-state index contributed by atoms with van der Waals surface area (Å²) in [5, 5.41) is 3.19. The molecule has 1 aromatic carbocycles. The summed E-state index contributed by atoms with van der Waals surface area (Å²) in [6.07, 6.45) is 3.92. The van der Waals surface area contributed by atoms with Crippen LogP contribution >= 0.6 is 11.3 Å². The molecule has 0 unspecified atom stereocenters. The van der Waals surface area contributed by atoms with Crippen molar-refractivity contribution in [1.29, 1.82) is 0 Å². The Bertz CT molecular complexity index is 859. The molecular formula is C20H22N2O3S. The number of fused-ring (bicyclic) bond motifs is 1. The molecule has 1 amide bonds. The first-order valence-electron chi connectivity index (χ1n) is 8.75. The van der Waals surface area contributed by atoms with E-state index >= 15 is 0 Å². The highest BCUT2D eigenvalue weighted by atomic mass is 32.1. The van der Waals surface area contributed by atoms with Crippen molar-refractivity contribution < 1.29 is 14.3 Å². The van der Waals surface area contributed by atoms with Gasteiger partial charge in [0.15, 0.2) is 11.5 Å². The van der Waals surface area contributed by atoms with Gasteiger partial charge in [0.1, 0.15) is 12.6 Å². The molecule has 136 valence electrons.